The van der Waals surface area contributed by atoms with E-state index < -0.39 is 34.5 Å². The molecule has 0 saturated carbocycles. The number of nitrogens with one attached hydrogen (secondary N) is 1. The van der Waals surface area contributed by atoms with Crippen LogP contribution < -0.4 is 9.62 Å². The number of hydrogen-bond donors (Lipinski definition) is 1. The molecule has 1 aliphatic heterocycles. The fourth-order valence-electron chi connectivity index (χ4n) is 2.98. The minimum absolute atomic E-state index is 0.172. The molecule has 2 aromatic carbocycles. The summed E-state index contributed by atoms with van der Waals surface area (Å²) in [6, 6.07) is 10.2. The van der Waals surface area contributed by atoms with Crippen molar-refractivity contribution in [2.45, 2.75) is 31.8 Å². The molecule has 0 aromatic heterocycles. The summed E-state index contributed by atoms with van der Waals surface area (Å²) in [6.45, 7) is 5.35. The number of anilines is 1. The summed E-state index contributed by atoms with van der Waals surface area (Å²) in [6.07, 6.45) is -1.00. The van der Waals surface area contributed by atoms with E-state index in [0.29, 0.717) is 17.6 Å². The van der Waals surface area contributed by atoms with Crippen LogP contribution in [0.3, 0.4) is 0 Å². The predicted molar refractivity (Wildman–Crippen MR) is 102 cm³/mol. The van der Waals surface area contributed by atoms with Gasteiger partial charge in [-0.25, -0.2) is 8.42 Å². The number of esters is 1. The number of amides is 1. The first-order chi connectivity index (χ1) is 12.7. The Labute approximate surface area is 158 Å². The van der Waals surface area contributed by atoms with Crippen molar-refractivity contribution < 1.29 is 22.7 Å². The molecule has 2 aromatic rings. The number of rotatable bonds is 6. The lowest BCUT2D eigenvalue weighted by Crippen LogP contribution is -2.40. The molecule has 0 bridgehead atoms. The van der Waals surface area contributed by atoms with E-state index in [4.69, 9.17) is 4.74 Å². The van der Waals surface area contributed by atoms with E-state index >= 15 is 0 Å². The number of carbonyl (C=O) groups is 2. The second-order valence-corrected chi connectivity index (χ2v) is 8.74. The Bertz CT molecular complexity index is 995. The SMILES string of the molecule is CC(C)CNC(=O)[C@@H](C)OC(=O)CN1c2cccc3cccc(c23)S1(=O)=O. The third kappa shape index (κ3) is 3.62. The van der Waals surface area contributed by atoms with Gasteiger partial charge in [-0.2, -0.15) is 0 Å². The van der Waals surface area contributed by atoms with Crippen LogP contribution in [0.15, 0.2) is 41.3 Å². The Morgan fingerprint density at radius 1 is 1.11 bits per heavy atom. The number of benzene rings is 2. The molecule has 1 N–H and O–H groups in total. The molecule has 7 nitrogen and oxygen atoms in total. The summed E-state index contributed by atoms with van der Waals surface area (Å²) in [5.74, 6) is -0.923. The lowest BCUT2D eigenvalue weighted by molar-refractivity contribution is -0.153. The van der Waals surface area contributed by atoms with Crippen LogP contribution in [-0.2, 0) is 24.3 Å². The second-order valence-electron chi connectivity index (χ2n) is 6.91. The summed E-state index contributed by atoms with van der Waals surface area (Å²) in [7, 11) is -3.84. The molecule has 8 heteroatoms. The van der Waals surface area contributed by atoms with Gasteiger partial charge in [-0.05, 0) is 30.4 Å². The molecular formula is C19H22N2O5S. The first-order valence-electron chi connectivity index (χ1n) is 8.73. The van der Waals surface area contributed by atoms with Crippen LogP contribution in [-0.4, -0.2) is 39.5 Å². The normalized spacial score (nSPS) is 15.8. The lowest BCUT2D eigenvalue weighted by atomic mass is 10.1. The standard InChI is InChI=1S/C19H22N2O5S/c1-12(2)10-20-19(23)13(3)26-17(22)11-21-15-8-4-6-14-7-5-9-16(18(14)15)27(21,24)25/h4-9,12-13H,10-11H2,1-3H3,(H,20,23)/t13-/m1/s1. The van der Waals surface area contributed by atoms with Gasteiger partial charge in [0, 0.05) is 11.9 Å². The zero-order valence-electron chi connectivity index (χ0n) is 15.4. The van der Waals surface area contributed by atoms with Gasteiger partial charge in [0.05, 0.1) is 10.6 Å². The molecule has 0 saturated heterocycles. The fourth-order valence-corrected chi connectivity index (χ4v) is 4.64. The summed E-state index contributed by atoms with van der Waals surface area (Å²) < 4.78 is 31.8. The highest BCUT2D eigenvalue weighted by molar-refractivity contribution is 7.93. The molecule has 1 amide bonds. The third-order valence-electron chi connectivity index (χ3n) is 4.32. The van der Waals surface area contributed by atoms with Gasteiger partial charge in [0.1, 0.15) is 6.54 Å². The molecule has 1 aliphatic rings. The van der Waals surface area contributed by atoms with Gasteiger partial charge >= 0.3 is 5.97 Å². The number of nitrogens with zero attached hydrogens (tertiary/aromatic N) is 1. The smallest absolute Gasteiger partial charge is 0.327 e. The molecule has 1 heterocycles. The van der Waals surface area contributed by atoms with Gasteiger partial charge in [-0.15, -0.1) is 0 Å². The van der Waals surface area contributed by atoms with Crippen molar-refractivity contribution in [3.8, 4) is 0 Å². The highest BCUT2D eigenvalue weighted by Crippen LogP contribution is 2.41. The van der Waals surface area contributed by atoms with Gasteiger partial charge in [0.2, 0.25) is 0 Å². The predicted octanol–water partition coefficient (Wildman–Crippen LogP) is 2.05. The number of hydrogen-bond acceptors (Lipinski definition) is 5. The maximum Gasteiger partial charge on any atom is 0.327 e. The van der Waals surface area contributed by atoms with Crippen molar-refractivity contribution in [3.63, 3.8) is 0 Å². The molecular weight excluding hydrogens is 368 g/mol. The average Bonchev–Trinajstić information content (AvgIpc) is 2.83. The van der Waals surface area contributed by atoms with Gasteiger partial charge < -0.3 is 10.1 Å². The zero-order chi connectivity index (χ0) is 19.8. The van der Waals surface area contributed by atoms with E-state index in [2.05, 4.69) is 5.32 Å². The van der Waals surface area contributed by atoms with Gasteiger partial charge in [-0.3, -0.25) is 13.9 Å². The number of sulfonamides is 1. The average molecular weight is 390 g/mol. The van der Waals surface area contributed by atoms with Crippen molar-refractivity contribution in [1.82, 2.24) is 5.32 Å². The maximum atomic E-state index is 12.8. The van der Waals surface area contributed by atoms with Crippen molar-refractivity contribution in [1.29, 1.82) is 0 Å². The van der Waals surface area contributed by atoms with Crippen LogP contribution in [0.2, 0.25) is 0 Å². The molecule has 144 valence electrons. The topological polar surface area (TPSA) is 92.8 Å². The lowest BCUT2D eigenvalue weighted by Gasteiger charge is -2.20. The molecule has 27 heavy (non-hydrogen) atoms. The van der Waals surface area contributed by atoms with Crippen LogP contribution in [0, 0.1) is 5.92 Å². The molecule has 1 atom stereocenters. The Balaban J connectivity index is 1.76. The first kappa shape index (κ1) is 19.2. The van der Waals surface area contributed by atoms with Gasteiger partial charge in [-0.1, -0.05) is 38.1 Å². The van der Waals surface area contributed by atoms with E-state index in [-0.39, 0.29) is 10.8 Å². The van der Waals surface area contributed by atoms with Crippen molar-refractivity contribution in [2.75, 3.05) is 17.4 Å². The van der Waals surface area contributed by atoms with E-state index in [1.165, 1.54) is 13.0 Å². The fraction of sp³-hybridized carbons (Fsp3) is 0.368. The van der Waals surface area contributed by atoms with Crippen molar-refractivity contribution in [3.05, 3.63) is 36.4 Å². The second kappa shape index (κ2) is 7.19. The molecule has 0 radical (unpaired) electrons. The van der Waals surface area contributed by atoms with Crippen molar-refractivity contribution >= 4 is 38.4 Å². The van der Waals surface area contributed by atoms with E-state index in [1.807, 2.05) is 26.0 Å². The molecule has 3 rings (SSSR count). The van der Waals surface area contributed by atoms with Crippen LogP contribution in [0.5, 0.6) is 0 Å². The van der Waals surface area contributed by atoms with E-state index in [9.17, 15) is 18.0 Å². The largest absolute Gasteiger partial charge is 0.451 e. The van der Waals surface area contributed by atoms with E-state index in [1.54, 1.807) is 18.2 Å². The summed E-state index contributed by atoms with van der Waals surface area (Å²) in [5.41, 5.74) is 0.442. The van der Waals surface area contributed by atoms with Gasteiger partial charge in [0.15, 0.2) is 6.10 Å². The van der Waals surface area contributed by atoms with Crippen LogP contribution in [0.25, 0.3) is 10.8 Å². The molecule has 0 aliphatic carbocycles. The Morgan fingerprint density at radius 3 is 2.44 bits per heavy atom. The molecule has 0 fully saturated rings. The summed E-state index contributed by atoms with van der Waals surface area (Å²) in [4.78, 5) is 24.4. The van der Waals surface area contributed by atoms with Gasteiger partial charge in [0.25, 0.3) is 15.9 Å². The monoisotopic (exact) mass is 390 g/mol. The minimum atomic E-state index is -3.84. The number of ether oxygens (including phenoxy) is 1. The van der Waals surface area contributed by atoms with Crippen LogP contribution >= 0.6 is 0 Å². The third-order valence-corrected chi connectivity index (χ3v) is 6.12. The highest BCUT2D eigenvalue weighted by Gasteiger charge is 2.37. The summed E-state index contributed by atoms with van der Waals surface area (Å²) >= 11 is 0. The Morgan fingerprint density at radius 2 is 1.78 bits per heavy atom. The van der Waals surface area contributed by atoms with Crippen LogP contribution in [0.1, 0.15) is 20.8 Å². The van der Waals surface area contributed by atoms with Crippen molar-refractivity contribution in [2.24, 2.45) is 5.92 Å². The zero-order valence-corrected chi connectivity index (χ0v) is 16.2. The Hall–Kier alpha value is -2.61. The molecule has 0 spiro atoms. The van der Waals surface area contributed by atoms with Crippen LogP contribution in [0.4, 0.5) is 5.69 Å². The molecule has 0 unspecified atom stereocenters. The number of carbonyl (C=O) groups excluding carboxylic acids is 2. The first-order valence-corrected chi connectivity index (χ1v) is 10.2. The highest BCUT2D eigenvalue weighted by atomic mass is 32.2. The van der Waals surface area contributed by atoms with E-state index in [0.717, 1.165) is 9.69 Å². The Kier molecular flexibility index (Phi) is 5.10. The maximum absolute atomic E-state index is 12.8. The summed E-state index contributed by atoms with van der Waals surface area (Å²) in [5, 5.41) is 4.06. The quantitative estimate of drug-likeness (QED) is 0.762. The minimum Gasteiger partial charge on any atom is -0.451 e.